The maximum absolute atomic E-state index is 10.6. The van der Waals surface area contributed by atoms with Crippen molar-refractivity contribution in [3.63, 3.8) is 0 Å². The van der Waals surface area contributed by atoms with Crippen LogP contribution in [-0.2, 0) is 9.53 Å². The fourth-order valence-corrected chi connectivity index (χ4v) is 0.474. The summed E-state index contributed by atoms with van der Waals surface area (Å²) in [5, 5.41) is 6.52. The molecule has 0 atom stereocenters. The van der Waals surface area contributed by atoms with Gasteiger partial charge in [-0.15, -0.1) is 0 Å². The Morgan fingerprint density at radius 3 is 2.92 bits per heavy atom. The Bertz CT molecular complexity index is 271. The normalized spacial score (nSPS) is 9.42. The number of hydrogen-bond donors (Lipinski definition) is 1. The van der Waals surface area contributed by atoms with E-state index in [4.69, 9.17) is 10.5 Å². The summed E-state index contributed by atoms with van der Waals surface area (Å²) >= 11 is 0. The van der Waals surface area contributed by atoms with Gasteiger partial charge in [-0.05, 0) is 10.3 Å². The first kappa shape index (κ1) is 8.31. The average molecular weight is 173 g/mol. The van der Waals surface area contributed by atoms with Crippen molar-refractivity contribution in [2.45, 2.75) is 0 Å². The Labute approximate surface area is 67.4 Å². The maximum Gasteiger partial charge on any atom is 0.343 e. The summed E-state index contributed by atoms with van der Waals surface area (Å²) in [7, 11) is 1.25. The van der Waals surface area contributed by atoms with E-state index in [0.717, 1.165) is 0 Å². The van der Waals surface area contributed by atoms with E-state index in [1.807, 2.05) is 0 Å². The van der Waals surface area contributed by atoms with Gasteiger partial charge in [-0.2, -0.15) is 0 Å². The maximum atomic E-state index is 10.6. The molecule has 0 aliphatic heterocycles. The van der Waals surface area contributed by atoms with Crippen LogP contribution in [0, 0.1) is 0 Å². The molecular formula is C5H7N3O4. The molecule has 0 spiro atoms. The number of methoxy groups -OCH3 is 1. The van der Waals surface area contributed by atoms with E-state index in [1.165, 1.54) is 7.11 Å². The number of nitrogen functional groups attached to an aromatic ring is 1. The zero-order valence-corrected chi connectivity index (χ0v) is 6.31. The first-order valence-electron chi connectivity index (χ1n) is 3.01. The molecule has 0 fully saturated rings. The fourth-order valence-electron chi connectivity index (χ4n) is 0.474. The number of esters is 1. The van der Waals surface area contributed by atoms with Crippen molar-refractivity contribution in [3.05, 3.63) is 0 Å². The largest absolute Gasteiger partial charge is 0.466 e. The molecule has 12 heavy (non-hydrogen) atoms. The van der Waals surface area contributed by atoms with Crippen molar-refractivity contribution in [2.75, 3.05) is 19.5 Å². The number of anilines is 1. The third kappa shape index (κ3) is 1.84. The van der Waals surface area contributed by atoms with Gasteiger partial charge in [0.1, 0.15) is 0 Å². The number of ether oxygens (including phenoxy) is 2. The smallest absolute Gasteiger partial charge is 0.343 e. The molecule has 0 amide bonds. The summed E-state index contributed by atoms with van der Waals surface area (Å²) in [6, 6.07) is 0. The number of aromatic nitrogens is 2. The van der Waals surface area contributed by atoms with Crippen LogP contribution in [0.1, 0.15) is 0 Å². The number of nitrogens with two attached hydrogens (primary N) is 1. The first-order valence-corrected chi connectivity index (χ1v) is 3.01. The molecule has 2 N–H and O–H groups in total. The van der Waals surface area contributed by atoms with Gasteiger partial charge in [-0.1, -0.05) is 0 Å². The van der Waals surface area contributed by atoms with Crippen molar-refractivity contribution < 1.29 is 18.9 Å². The van der Waals surface area contributed by atoms with Crippen molar-refractivity contribution in [2.24, 2.45) is 0 Å². The van der Waals surface area contributed by atoms with Crippen LogP contribution in [0.4, 0.5) is 5.82 Å². The number of carbonyl (C=O) groups excluding carboxylic acids is 1. The lowest BCUT2D eigenvalue weighted by Crippen LogP contribution is -2.13. The van der Waals surface area contributed by atoms with Gasteiger partial charge in [0.2, 0.25) is 5.82 Å². The molecular weight excluding hydrogens is 166 g/mol. The minimum atomic E-state index is -0.530. The minimum absolute atomic E-state index is 0.00102. The van der Waals surface area contributed by atoms with E-state index < -0.39 is 5.97 Å². The van der Waals surface area contributed by atoms with E-state index in [9.17, 15) is 4.79 Å². The lowest BCUT2D eigenvalue weighted by atomic mass is 10.7. The molecule has 0 saturated carbocycles. The summed E-state index contributed by atoms with van der Waals surface area (Å²) in [5.41, 5.74) is 5.22. The van der Waals surface area contributed by atoms with Crippen molar-refractivity contribution >= 4 is 11.8 Å². The van der Waals surface area contributed by atoms with E-state index >= 15 is 0 Å². The molecule has 66 valence electrons. The average Bonchev–Trinajstić information content (AvgIpc) is 2.47. The molecule has 1 aromatic heterocycles. The molecule has 1 aromatic rings. The highest BCUT2D eigenvalue weighted by Crippen LogP contribution is 2.13. The van der Waals surface area contributed by atoms with Crippen LogP contribution < -0.4 is 10.5 Å². The van der Waals surface area contributed by atoms with Crippen LogP contribution in [0.5, 0.6) is 5.88 Å². The molecule has 1 rings (SSSR count). The lowest BCUT2D eigenvalue weighted by molar-refractivity contribution is -0.143. The van der Waals surface area contributed by atoms with E-state index in [-0.39, 0.29) is 18.3 Å². The van der Waals surface area contributed by atoms with Gasteiger partial charge in [-0.3, -0.25) is 0 Å². The molecule has 0 unspecified atom stereocenters. The summed E-state index contributed by atoms with van der Waals surface area (Å²) in [6.07, 6.45) is 0. The van der Waals surface area contributed by atoms with Crippen molar-refractivity contribution in [3.8, 4) is 5.88 Å². The number of nitrogens with zero attached hydrogens (tertiary/aromatic N) is 2. The zero-order chi connectivity index (χ0) is 8.97. The number of hydrogen-bond acceptors (Lipinski definition) is 7. The molecule has 0 bridgehead atoms. The Morgan fingerprint density at radius 2 is 2.42 bits per heavy atom. The molecule has 0 aliphatic carbocycles. The van der Waals surface area contributed by atoms with Gasteiger partial charge in [-0.25, -0.2) is 9.42 Å². The van der Waals surface area contributed by atoms with Gasteiger partial charge >= 0.3 is 11.8 Å². The van der Waals surface area contributed by atoms with Gasteiger partial charge in [0.15, 0.2) is 6.61 Å². The number of rotatable bonds is 3. The molecule has 0 saturated heterocycles. The second-order valence-electron chi connectivity index (χ2n) is 1.82. The highest BCUT2D eigenvalue weighted by Gasteiger charge is 2.09. The van der Waals surface area contributed by atoms with Crippen LogP contribution in [0.2, 0.25) is 0 Å². The summed E-state index contributed by atoms with van der Waals surface area (Å²) in [5.74, 6) is -0.545. The van der Waals surface area contributed by atoms with Crippen molar-refractivity contribution in [1.29, 1.82) is 0 Å². The topological polar surface area (TPSA) is 100 Å². The quantitative estimate of drug-likeness (QED) is 0.597. The second kappa shape index (κ2) is 3.56. The fraction of sp³-hybridized carbons (Fsp3) is 0.400. The van der Waals surface area contributed by atoms with E-state index in [0.29, 0.717) is 0 Å². The molecule has 0 aromatic carbocycles. The Balaban J connectivity index is 2.43. The summed E-state index contributed by atoms with van der Waals surface area (Å²) in [4.78, 5) is 10.6. The predicted molar refractivity (Wildman–Crippen MR) is 36.2 cm³/mol. The summed E-state index contributed by atoms with van der Waals surface area (Å²) < 4.78 is 13.3. The molecule has 7 heteroatoms. The molecule has 1 heterocycles. The van der Waals surface area contributed by atoms with Gasteiger partial charge in [0, 0.05) is 0 Å². The monoisotopic (exact) mass is 173 g/mol. The third-order valence-electron chi connectivity index (χ3n) is 1.04. The molecule has 0 radical (unpaired) electrons. The highest BCUT2D eigenvalue weighted by molar-refractivity contribution is 5.70. The van der Waals surface area contributed by atoms with Crippen LogP contribution in [-0.4, -0.2) is 30.0 Å². The molecule has 7 nitrogen and oxygen atoms in total. The third-order valence-corrected chi connectivity index (χ3v) is 1.04. The summed E-state index contributed by atoms with van der Waals surface area (Å²) in [6.45, 7) is -0.269. The van der Waals surface area contributed by atoms with Gasteiger partial charge < -0.3 is 15.2 Å². The highest BCUT2D eigenvalue weighted by atomic mass is 16.6. The standard InChI is InChI=1S/C5H7N3O4/c1-10-3(9)2-11-5-4(6)7-12-8-5/h2H2,1H3,(H2,6,7). The Morgan fingerprint density at radius 1 is 1.67 bits per heavy atom. The van der Waals surface area contributed by atoms with E-state index in [2.05, 4.69) is 19.7 Å². The number of carbonyl (C=O) groups is 1. The van der Waals surface area contributed by atoms with Gasteiger partial charge in [0.05, 0.1) is 7.11 Å². The molecule has 0 aliphatic rings. The Kier molecular flexibility index (Phi) is 2.46. The predicted octanol–water partition coefficient (Wildman–Crippen LogP) is -0.796. The first-order chi connectivity index (χ1) is 5.74. The van der Waals surface area contributed by atoms with Crippen LogP contribution in [0.15, 0.2) is 4.63 Å². The zero-order valence-electron chi connectivity index (χ0n) is 6.31. The SMILES string of the molecule is COC(=O)COc1nonc1N. The van der Waals surface area contributed by atoms with E-state index in [1.54, 1.807) is 0 Å². The van der Waals surface area contributed by atoms with Crippen LogP contribution in [0.25, 0.3) is 0 Å². The second-order valence-corrected chi connectivity index (χ2v) is 1.82. The minimum Gasteiger partial charge on any atom is -0.466 e. The Hall–Kier alpha value is -1.79. The van der Waals surface area contributed by atoms with Crippen LogP contribution >= 0.6 is 0 Å². The van der Waals surface area contributed by atoms with Crippen LogP contribution in [0.3, 0.4) is 0 Å². The van der Waals surface area contributed by atoms with Crippen molar-refractivity contribution in [1.82, 2.24) is 10.3 Å². The van der Waals surface area contributed by atoms with Gasteiger partial charge in [0.25, 0.3) is 0 Å². The lowest BCUT2D eigenvalue weighted by Gasteiger charge is -1.98.